The van der Waals surface area contributed by atoms with Gasteiger partial charge in [0.1, 0.15) is 5.97 Å². The minimum absolute atomic E-state index is 0. The molecule has 0 aromatic carbocycles. The molecule has 0 fully saturated rings. The van der Waals surface area contributed by atoms with Crippen molar-refractivity contribution in [2.45, 2.75) is 6.18 Å². The second-order valence-electron chi connectivity index (χ2n) is 1.70. The maximum Gasteiger partial charge on any atom is 1.00 e. The van der Waals surface area contributed by atoms with Gasteiger partial charge in [-0.1, -0.05) is 11.3 Å². The molecule has 0 saturated carbocycles. The maximum atomic E-state index is 11.8. The minimum Gasteiger partial charge on any atom is -0.542 e. The number of hydrogen-bond donors (Lipinski definition) is 0. The fraction of sp³-hybridized carbons (Fsp3) is 0.250. The molecule has 0 radical (unpaired) electrons. The van der Waals surface area contributed by atoms with Crippen molar-refractivity contribution in [3.05, 3.63) is 10.0 Å². The number of aromatic carboxylic acids is 1. The van der Waals surface area contributed by atoms with Gasteiger partial charge in [-0.2, -0.15) is 13.2 Å². The molecule has 4 nitrogen and oxygen atoms in total. The molecule has 0 aliphatic heterocycles. The summed E-state index contributed by atoms with van der Waals surface area (Å²) < 4.78 is 35.3. The first-order chi connectivity index (χ1) is 5.41. The quantitative estimate of drug-likeness (QED) is 0.455. The van der Waals surface area contributed by atoms with Gasteiger partial charge in [0.2, 0.25) is 5.01 Å². The summed E-state index contributed by atoms with van der Waals surface area (Å²) in [5.74, 6) is -1.76. The predicted octanol–water partition coefficient (Wildman–Crippen LogP) is -3.08. The van der Waals surface area contributed by atoms with Crippen LogP contribution >= 0.6 is 11.3 Å². The van der Waals surface area contributed by atoms with Gasteiger partial charge in [-0.15, -0.1) is 10.2 Å². The number of carboxylic acids is 1. The van der Waals surface area contributed by atoms with Gasteiger partial charge >= 0.3 is 25.0 Å². The third-order valence-corrected chi connectivity index (χ3v) is 1.79. The van der Waals surface area contributed by atoms with Crippen LogP contribution in [0, 0.1) is 0 Å². The van der Waals surface area contributed by atoms with E-state index in [9.17, 15) is 23.1 Å². The fourth-order valence-corrected chi connectivity index (χ4v) is 0.966. The number of alkyl halides is 3. The molecule has 13 heavy (non-hydrogen) atoms. The van der Waals surface area contributed by atoms with Crippen molar-refractivity contribution in [3.63, 3.8) is 0 Å². The van der Waals surface area contributed by atoms with Crippen molar-refractivity contribution in [2.24, 2.45) is 0 Å². The van der Waals surface area contributed by atoms with Crippen LogP contribution in [-0.2, 0) is 6.18 Å². The average Bonchev–Trinajstić information content (AvgIpc) is 2.30. The van der Waals surface area contributed by atoms with E-state index in [0.717, 1.165) is 0 Å². The number of carbonyl (C=O) groups is 1. The Balaban J connectivity index is 0.00000144. The Morgan fingerprint density at radius 1 is 1.38 bits per heavy atom. The first kappa shape index (κ1) is 12.4. The largest absolute Gasteiger partial charge is 1.00 e. The van der Waals surface area contributed by atoms with Gasteiger partial charge in [-0.3, -0.25) is 0 Å². The number of halogens is 3. The summed E-state index contributed by atoms with van der Waals surface area (Å²) in [5.41, 5.74) is 0. The zero-order chi connectivity index (χ0) is 9.35. The van der Waals surface area contributed by atoms with E-state index >= 15 is 0 Å². The molecule has 9 heteroatoms. The third-order valence-electron chi connectivity index (χ3n) is 0.842. The molecule has 66 valence electrons. The number of carbonyl (C=O) groups excluding carboxylic acids is 1. The second kappa shape index (κ2) is 4.08. The van der Waals surface area contributed by atoms with Crippen LogP contribution in [0.3, 0.4) is 0 Å². The van der Waals surface area contributed by atoms with E-state index in [4.69, 9.17) is 0 Å². The summed E-state index contributed by atoms with van der Waals surface area (Å²) in [4.78, 5) is 9.97. The number of rotatable bonds is 1. The molecule has 1 rings (SSSR count). The summed E-state index contributed by atoms with van der Waals surface area (Å²) in [6.07, 6.45) is -4.65. The van der Waals surface area contributed by atoms with Crippen LogP contribution in [0.25, 0.3) is 0 Å². The van der Waals surface area contributed by atoms with Gasteiger partial charge in [0.15, 0.2) is 5.01 Å². The normalized spacial score (nSPS) is 10.7. The van der Waals surface area contributed by atoms with Gasteiger partial charge in [-0.25, -0.2) is 0 Å². The van der Waals surface area contributed by atoms with Gasteiger partial charge in [0.05, 0.1) is 0 Å². The molecule has 0 aliphatic carbocycles. The molecular formula is C4F3LiN2O2S. The molecule has 1 aromatic rings. The van der Waals surface area contributed by atoms with Gasteiger partial charge in [-0.05, 0) is 0 Å². The summed E-state index contributed by atoms with van der Waals surface area (Å²) in [6.45, 7) is 0. The molecule has 0 aliphatic rings. The van der Waals surface area contributed by atoms with E-state index in [-0.39, 0.29) is 30.2 Å². The molecule has 1 aromatic heterocycles. The van der Waals surface area contributed by atoms with E-state index < -0.39 is 22.2 Å². The first-order valence-electron chi connectivity index (χ1n) is 2.53. The van der Waals surface area contributed by atoms with E-state index in [1.807, 2.05) is 0 Å². The number of aromatic nitrogens is 2. The SMILES string of the molecule is O=C([O-])c1nnc(C(F)(F)F)s1.[Li+]. The van der Waals surface area contributed by atoms with Crippen LogP contribution in [0.5, 0.6) is 0 Å². The average molecular weight is 204 g/mol. The molecule has 0 unspecified atom stereocenters. The molecule has 0 saturated heterocycles. The third kappa shape index (κ3) is 2.99. The summed E-state index contributed by atoms with van der Waals surface area (Å²) in [7, 11) is 0. The van der Waals surface area contributed by atoms with Gasteiger partial charge in [0, 0.05) is 0 Å². The van der Waals surface area contributed by atoms with Crippen LogP contribution in [0.2, 0.25) is 0 Å². The predicted molar refractivity (Wildman–Crippen MR) is 29.2 cm³/mol. The molecular weight excluding hydrogens is 204 g/mol. The molecule has 0 atom stereocenters. The molecule has 0 amide bonds. The van der Waals surface area contributed by atoms with Crippen molar-refractivity contribution in [3.8, 4) is 0 Å². The smallest absolute Gasteiger partial charge is 0.542 e. The van der Waals surface area contributed by atoms with Crippen molar-refractivity contribution >= 4 is 17.3 Å². The Kier molecular flexibility index (Phi) is 3.90. The van der Waals surface area contributed by atoms with Crippen molar-refractivity contribution in [2.75, 3.05) is 0 Å². The van der Waals surface area contributed by atoms with E-state index in [1.165, 1.54) is 0 Å². The monoisotopic (exact) mass is 204 g/mol. The summed E-state index contributed by atoms with van der Waals surface area (Å²) in [6, 6.07) is 0. The Morgan fingerprint density at radius 3 is 2.15 bits per heavy atom. The fourth-order valence-electron chi connectivity index (χ4n) is 0.420. The Labute approximate surface area is 86.0 Å². The number of hydrogen-bond acceptors (Lipinski definition) is 5. The first-order valence-corrected chi connectivity index (χ1v) is 3.35. The van der Waals surface area contributed by atoms with Gasteiger partial charge < -0.3 is 9.90 Å². The van der Waals surface area contributed by atoms with Gasteiger partial charge in [0.25, 0.3) is 0 Å². The van der Waals surface area contributed by atoms with Crippen LogP contribution in [0.4, 0.5) is 13.2 Å². The number of carboxylic acid groups (broad SMARTS) is 1. The maximum absolute atomic E-state index is 11.8. The van der Waals surface area contributed by atoms with Crippen LogP contribution in [-0.4, -0.2) is 16.2 Å². The topological polar surface area (TPSA) is 65.9 Å². The van der Waals surface area contributed by atoms with E-state index in [0.29, 0.717) is 0 Å². The zero-order valence-corrected chi connectivity index (χ0v) is 7.07. The van der Waals surface area contributed by atoms with Crippen molar-refractivity contribution in [1.29, 1.82) is 0 Å². The molecule has 0 N–H and O–H groups in total. The van der Waals surface area contributed by atoms with Crippen LogP contribution in [0.15, 0.2) is 0 Å². The minimum atomic E-state index is -4.65. The number of nitrogens with zero attached hydrogens (tertiary/aromatic N) is 2. The second-order valence-corrected chi connectivity index (χ2v) is 2.68. The van der Waals surface area contributed by atoms with Crippen LogP contribution < -0.4 is 24.0 Å². The Bertz CT molecular complexity index is 313. The van der Waals surface area contributed by atoms with E-state index in [2.05, 4.69) is 10.2 Å². The standard InChI is InChI=1S/C4HF3N2O2S.Li/c5-4(6,7)3-9-8-1(12-3)2(10)11;/h(H,10,11);/q;+1/p-1. The Morgan fingerprint density at radius 2 is 1.92 bits per heavy atom. The van der Waals surface area contributed by atoms with Crippen molar-refractivity contribution < 1.29 is 41.9 Å². The van der Waals surface area contributed by atoms with Crippen LogP contribution in [0.1, 0.15) is 14.8 Å². The van der Waals surface area contributed by atoms with E-state index in [1.54, 1.807) is 0 Å². The summed E-state index contributed by atoms with van der Waals surface area (Å²) in [5, 5.41) is 13.3. The molecule has 1 heterocycles. The summed E-state index contributed by atoms with van der Waals surface area (Å²) >= 11 is -0.0613. The van der Waals surface area contributed by atoms with Crippen molar-refractivity contribution in [1.82, 2.24) is 10.2 Å². The zero-order valence-electron chi connectivity index (χ0n) is 6.25. The molecule has 0 spiro atoms. The Hall–Kier alpha value is -0.583. The molecule has 0 bridgehead atoms.